The third kappa shape index (κ3) is 3.13. The lowest BCUT2D eigenvalue weighted by molar-refractivity contribution is -0.108. The van der Waals surface area contributed by atoms with Gasteiger partial charge >= 0.3 is 0 Å². The maximum atomic E-state index is 10.0. The van der Waals surface area contributed by atoms with Gasteiger partial charge in [-0.25, -0.2) is 0 Å². The standard InChI is InChI=1S/C9H10ClNO2/c10-7-3-4-11-8(6-7)9(13)2-1-5-12/h3-6,9,13H,1-2H2. The van der Waals surface area contributed by atoms with Crippen LogP contribution in [0.2, 0.25) is 5.02 Å². The molecule has 0 saturated carbocycles. The summed E-state index contributed by atoms with van der Waals surface area (Å²) in [6.45, 7) is 0. The first-order valence-electron chi connectivity index (χ1n) is 3.97. The number of nitrogens with zero attached hydrogens (tertiary/aromatic N) is 1. The minimum absolute atomic E-state index is 0.329. The zero-order chi connectivity index (χ0) is 9.68. The number of aldehydes is 1. The fourth-order valence-electron chi connectivity index (χ4n) is 0.977. The second-order valence-electron chi connectivity index (χ2n) is 2.66. The third-order valence-corrected chi connectivity index (χ3v) is 1.88. The third-order valence-electron chi connectivity index (χ3n) is 1.64. The molecule has 0 bridgehead atoms. The van der Waals surface area contributed by atoms with Crippen molar-refractivity contribution in [1.82, 2.24) is 4.98 Å². The molecule has 0 saturated heterocycles. The number of carbonyl (C=O) groups excluding carboxylic acids is 1. The minimum atomic E-state index is -0.705. The summed E-state index contributed by atoms with van der Waals surface area (Å²) in [7, 11) is 0. The zero-order valence-electron chi connectivity index (χ0n) is 6.98. The molecule has 70 valence electrons. The molecular weight excluding hydrogens is 190 g/mol. The van der Waals surface area contributed by atoms with Crippen LogP contribution in [0.5, 0.6) is 0 Å². The van der Waals surface area contributed by atoms with Crippen LogP contribution in [0, 0.1) is 0 Å². The van der Waals surface area contributed by atoms with Crippen LogP contribution in [0.15, 0.2) is 18.3 Å². The van der Waals surface area contributed by atoms with Crippen molar-refractivity contribution in [2.24, 2.45) is 0 Å². The molecule has 0 radical (unpaired) electrons. The number of hydrogen-bond acceptors (Lipinski definition) is 3. The Morgan fingerprint density at radius 2 is 2.46 bits per heavy atom. The van der Waals surface area contributed by atoms with Crippen molar-refractivity contribution < 1.29 is 9.90 Å². The van der Waals surface area contributed by atoms with Crippen LogP contribution in [0.25, 0.3) is 0 Å². The Balaban J connectivity index is 2.65. The molecule has 1 N–H and O–H groups in total. The van der Waals surface area contributed by atoms with Crippen LogP contribution in [-0.2, 0) is 4.79 Å². The zero-order valence-corrected chi connectivity index (χ0v) is 7.74. The molecule has 3 nitrogen and oxygen atoms in total. The molecular formula is C9H10ClNO2. The van der Waals surface area contributed by atoms with Crippen molar-refractivity contribution in [3.8, 4) is 0 Å². The second-order valence-corrected chi connectivity index (χ2v) is 3.10. The molecule has 0 aromatic carbocycles. The minimum Gasteiger partial charge on any atom is -0.387 e. The molecule has 0 aliphatic carbocycles. The number of aromatic nitrogens is 1. The van der Waals surface area contributed by atoms with Gasteiger partial charge in [0.25, 0.3) is 0 Å². The van der Waals surface area contributed by atoms with E-state index in [2.05, 4.69) is 4.98 Å². The van der Waals surface area contributed by atoms with E-state index >= 15 is 0 Å². The normalized spacial score (nSPS) is 12.5. The smallest absolute Gasteiger partial charge is 0.120 e. The van der Waals surface area contributed by atoms with Crippen molar-refractivity contribution >= 4 is 17.9 Å². The van der Waals surface area contributed by atoms with E-state index in [4.69, 9.17) is 11.6 Å². The van der Waals surface area contributed by atoms with Gasteiger partial charge in [0.05, 0.1) is 11.8 Å². The number of aliphatic hydroxyl groups excluding tert-OH is 1. The second kappa shape index (κ2) is 4.94. The van der Waals surface area contributed by atoms with E-state index in [0.717, 1.165) is 6.29 Å². The highest BCUT2D eigenvalue weighted by Gasteiger charge is 2.08. The largest absolute Gasteiger partial charge is 0.387 e. The highest BCUT2D eigenvalue weighted by atomic mass is 35.5. The summed E-state index contributed by atoms with van der Waals surface area (Å²) in [6.07, 6.45) is 2.31. The van der Waals surface area contributed by atoms with Gasteiger partial charge in [-0.1, -0.05) is 11.6 Å². The van der Waals surface area contributed by atoms with Crippen LogP contribution in [0.1, 0.15) is 24.6 Å². The van der Waals surface area contributed by atoms with E-state index in [9.17, 15) is 9.90 Å². The van der Waals surface area contributed by atoms with E-state index < -0.39 is 6.10 Å². The van der Waals surface area contributed by atoms with Crippen molar-refractivity contribution in [3.63, 3.8) is 0 Å². The Morgan fingerprint density at radius 1 is 1.69 bits per heavy atom. The molecule has 0 spiro atoms. The van der Waals surface area contributed by atoms with E-state index in [-0.39, 0.29) is 0 Å². The van der Waals surface area contributed by atoms with Gasteiger partial charge in [-0.3, -0.25) is 4.98 Å². The summed E-state index contributed by atoms with van der Waals surface area (Å²) in [5, 5.41) is 10.0. The number of pyridine rings is 1. The molecule has 1 atom stereocenters. The van der Waals surface area contributed by atoms with Gasteiger partial charge in [0.15, 0.2) is 0 Å². The first-order chi connectivity index (χ1) is 6.24. The van der Waals surface area contributed by atoms with Gasteiger partial charge in [-0.2, -0.15) is 0 Å². The van der Waals surface area contributed by atoms with Crippen LogP contribution >= 0.6 is 11.6 Å². The fourth-order valence-corrected chi connectivity index (χ4v) is 1.15. The summed E-state index contributed by atoms with van der Waals surface area (Å²) in [6, 6.07) is 3.23. The maximum Gasteiger partial charge on any atom is 0.120 e. The van der Waals surface area contributed by atoms with Crippen LogP contribution in [0.4, 0.5) is 0 Å². The number of rotatable bonds is 4. The Bertz CT molecular complexity index is 291. The number of aliphatic hydroxyl groups is 1. The summed E-state index contributed by atoms with van der Waals surface area (Å²) < 4.78 is 0. The first-order valence-corrected chi connectivity index (χ1v) is 4.35. The Kier molecular flexibility index (Phi) is 3.86. The van der Waals surface area contributed by atoms with Gasteiger partial charge < -0.3 is 9.90 Å². The average molecular weight is 200 g/mol. The Hall–Kier alpha value is -0.930. The molecule has 0 aliphatic heterocycles. The molecule has 1 rings (SSSR count). The maximum absolute atomic E-state index is 10.0. The lowest BCUT2D eigenvalue weighted by Gasteiger charge is -2.07. The molecule has 1 aromatic rings. The Morgan fingerprint density at radius 3 is 3.08 bits per heavy atom. The topological polar surface area (TPSA) is 50.2 Å². The lowest BCUT2D eigenvalue weighted by atomic mass is 10.1. The number of halogens is 1. The Labute approximate surface area is 81.4 Å². The highest BCUT2D eigenvalue weighted by molar-refractivity contribution is 6.30. The summed E-state index contributed by atoms with van der Waals surface area (Å²) in [4.78, 5) is 14.0. The van der Waals surface area contributed by atoms with Gasteiger partial charge in [-0.15, -0.1) is 0 Å². The fraction of sp³-hybridized carbons (Fsp3) is 0.333. The summed E-state index contributed by atoms with van der Waals surface area (Å²) in [5.41, 5.74) is 0.509. The predicted octanol–water partition coefficient (Wildman–Crippen LogP) is 1.75. The monoisotopic (exact) mass is 199 g/mol. The van der Waals surface area contributed by atoms with E-state index in [1.54, 1.807) is 12.1 Å². The molecule has 1 heterocycles. The number of carbonyl (C=O) groups is 1. The van der Waals surface area contributed by atoms with Crippen molar-refractivity contribution in [2.45, 2.75) is 18.9 Å². The molecule has 4 heteroatoms. The van der Waals surface area contributed by atoms with Crippen LogP contribution in [-0.4, -0.2) is 16.4 Å². The van der Waals surface area contributed by atoms with Gasteiger partial charge in [-0.05, 0) is 18.6 Å². The molecule has 0 amide bonds. The highest BCUT2D eigenvalue weighted by Crippen LogP contribution is 2.18. The SMILES string of the molecule is O=CCCC(O)c1cc(Cl)ccn1. The van der Waals surface area contributed by atoms with Crippen LogP contribution in [0.3, 0.4) is 0 Å². The van der Waals surface area contributed by atoms with Crippen molar-refractivity contribution in [3.05, 3.63) is 29.0 Å². The summed E-state index contributed by atoms with van der Waals surface area (Å²) in [5.74, 6) is 0. The number of hydrogen-bond donors (Lipinski definition) is 1. The molecule has 0 fully saturated rings. The quantitative estimate of drug-likeness (QED) is 0.752. The lowest BCUT2D eigenvalue weighted by Crippen LogP contribution is -2.00. The molecule has 1 aromatic heterocycles. The van der Waals surface area contributed by atoms with Crippen LogP contribution < -0.4 is 0 Å². The predicted molar refractivity (Wildman–Crippen MR) is 49.5 cm³/mol. The van der Waals surface area contributed by atoms with Crippen molar-refractivity contribution in [2.75, 3.05) is 0 Å². The van der Waals surface area contributed by atoms with E-state index in [1.165, 1.54) is 6.20 Å². The first kappa shape index (κ1) is 10.2. The van der Waals surface area contributed by atoms with E-state index in [1.807, 2.05) is 0 Å². The molecule has 13 heavy (non-hydrogen) atoms. The van der Waals surface area contributed by atoms with Gasteiger partial charge in [0, 0.05) is 17.6 Å². The molecule has 1 unspecified atom stereocenters. The van der Waals surface area contributed by atoms with Gasteiger partial charge in [0.1, 0.15) is 6.29 Å². The summed E-state index contributed by atoms with van der Waals surface area (Å²) >= 11 is 5.70. The van der Waals surface area contributed by atoms with Crippen molar-refractivity contribution in [1.29, 1.82) is 0 Å². The average Bonchev–Trinajstić information content (AvgIpc) is 2.14. The van der Waals surface area contributed by atoms with Gasteiger partial charge in [0.2, 0.25) is 0 Å². The van der Waals surface area contributed by atoms with E-state index in [0.29, 0.717) is 23.6 Å². The molecule has 0 aliphatic rings.